The number of nitrogens with two attached hydrogens (primary N) is 1. The number of halogens is 1. The molecule has 6 heteroatoms. The molecule has 0 aliphatic carbocycles. The van der Waals surface area contributed by atoms with Gasteiger partial charge in [-0.3, -0.25) is 0 Å². The summed E-state index contributed by atoms with van der Waals surface area (Å²) in [4.78, 5) is 12.5. The molecule has 0 saturated carbocycles. The number of thiophene rings is 1. The number of carbonyl (C=O) groups is 1. The number of ether oxygens (including phenoxy) is 1. The Morgan fingerprint density at radius 1 is 1.47 bits per heavy atom. The van der Waals surface area contributed by atoms with Gasteiger partial charge in [-0.25, -0.2) is 9.18 Å². The van der Waals surface area contributed by atoms with Crippen LogP contribution < -0.4 is 11.1 Å². The van der Waals surface area contributed by atoms with Gasteiger partial charge in [0, 0.05) is 16.3 Å². The minimum absolute atomic E-state index is 0.164. The Bertz CT molecular complexity index is 598. The summed E-state index contributed by atoms with van der Waals surface area (Å²) in [6, 6.07) is 5.75. The van der Waals surface area contributed by atoms with Gasteiger partial charge in [-0.15, -0.1) is 11.3 Å². The lowest BCUT2D eigenvalue weighted by molar-refractivity contribution is 0.0601. The summed E-state index contributed by atoms with van der Waals surface area (Å²) in [5.41, 5.74) is 7.14. The zero-order valence-corrected chi connectivity index (χ0v) is 11.1. The maximum Gasteiger partial charge on any atom is 0.340 e. The van der Waals surface area contributed by atoms with Gasteiger partial charge in [-0.1, -0.05) is 0 Å². The van der Waals surface area contributed by atoms with E-state index >= 15 is 0 Å². The average Bonchev–Trinajstić information content (AvgIpc) is 2.82. The molecule has 2 aromatic rings. The van der Waals surface area contributed by atoms with E-state index in [4.69, 9.17) is 5.73 Å². The maximum absolute atomic E-state index is 13.2. The number of nitrogens with one attached hydrogen (secondary N) is 1. The van der Waals surface area contributed by atoms with E-state index in [0.717, 1.165) is 10.9 Å². The molecule has 2 rings (SSSR count). The molecule has 0 aliphatic heterocycles. The van der Waals surface area contributed by atoms with Crippen LogP contribution in [0, 0.1) is 5.82 Å². The largest absolute Gasteiger partial charge is 0.465 e. The van der Waals surface area contributed by atoms with Crippen LogP contribution in [0.15, 0.2) is 29.6 Å². The van der Waals surface area contributed by atoms with E-state index in [2.05, 4.69) is 10.1 Å². The number of esters is 1. The third kappa shape index (κ3) is 3.03. The Balaban J connectivity index is 2.20. The average molecular weight is 280 g/mol. The summed E-state index contributed by atoms with van der Waals surface area (Å²) in [6.45, 7) is 0.471. The molecule has 0 atom stereocenters. The number of hydrogen-bond acceptors (Lipinski definition) is 5. The molecule has 0 fully saturated rings. The second-order valence-electron chi connectivity index (χ2n) is 3.83. The van der Waals surface area contributed by atoms with Crippen molar-refractivity contribution in [1.82, 2.24) is 0 Å². The number of nitrogen functional groups attached to an aromatic ring is 1. The number of anilines is 2. The number of methoxy groups -OCH3 is 1. The van der Waals surface area contributed by atoms with E-state index < -0.39 is 11.8 Å². The lowest BCUT2D eigenvalue weighted by Crippen LogP contribution is -2.08. The Labute approximate surface area is 114 Å². The summed E-state index contributed by atoms with van der Waals surface area (Å²) >= 11 is 1.51. The Hall–Kier alpha value is -2.08. The summed E-state index contributed by atoms with van der Waals surface area (Å²) in [7, 11) is 1.26. The first-order valence-electron chi connectivity index (χ1n) is 5.55. The molecule has 4 nitrogen and oxygen atoms in total. The molecular formula is C13H13FN2O2S. The van der Waals surface area contributed by atoms with Gasteiger partial charge in [0.2, 0.25) is 0 Å². The minimum Gasteiger partial charge on any atom is -0.465 e. The Kier molecular flexibility index (Phi) is 4.01. The van der Waals surface area contributed by atoms with Crippen LogP contribution in [-0.2, 0) is 11.3 Å². The van der Waals surface area contributed by atoms with Crippen molar-refractivity contribution < 1.29 is 13.9 Å². The first-order chi connectivity index (χ1) is 9.11. The van der Waals surface area contributed by atoms with E-state index in [1.165, 1.54) is 30.6 Å². The lowest BCUT2D eigenvalue weighted by Gasteiger charge is -2.10. The monoisotopic (exact) mass is 280 g/mol. The SMILES string of the molecule is COC(=O)c1cc(F)ccc1NCc1sccc1N. The molecule has 100 valence electrons. The number of benzene rings is 1. The number of carbonyl (C=O) groups excluding carboxylic acids is 1. The molecule has 1 aromatic heterocycles. The normalized spacial score (nSPS) is 10.2. The highest BCUT2D eigenvalue weighted by atomic mass is 32.1. The third-order valence-electron chi connectivity index (χ3n) is 2.61. The summed E-state index contributed by atoms with van der Waals surface area (Å²) in [5.74, 6) is -1.07. The van der Waals surface area contributed by atoms with Crippen molar-refractivity contribution in [3.63, 3.8) is 0 Å². The van der Waals surface area contributed by atoms with Gasteiger partial charge in [0.1, 0.15) is 5.82 Å². The molecule has 1 heterocycles. The number of hydrogen-bond donors (Lipinski definition) is 2. The van der Waals surface area contributed by atoms with Crippen LogP contribution in [-0.4, -0.2) is 13.1 Å². The van der Waals surface area contributed by atoms with Crippen LogP contribution >= 0.6 is 11.3 Å². The molecule has 3 N–H and O–H groups in total. The third-order valence-corrected chi connectivity index (χ3v) is 3.54. The zero-order chi connectivity index (χ0) is 13.8. The van der Waals surface area contributed by atoms with Crippen molar-refractivity contribution in [2.75, 3.05) is 18.2 Å². The second kappa shape index (κ2) is 5.71. The molecule has 0 saturated heterocycles. The molecule has 0 amide bonds. The quantitative estimate of drug-likeness (QED) is 0.845. The fourth-order valence-electron chi connectivity index (χ4n) is 1.62. The highest BCUT2D eigenvalue weighted by Crippen LogP contribution is 2.23. The molecule has 0 bridgehead atoms. The smallest absolute Gasteiger partial charge is 0.340 e. The van der Waals surface area contributed by atoms with Crippen LogP contribution in [0.1, 0.15) is 15.2 Å². The lowest BCUT2D eigenvalue weighted by atomic mass is 10.1. The minimum atomic E-state index is -0.582. The topological polar surface area (TPSA) is 64.3 Å². The van der Waals surface area contributed by atoms with Crippen LogP contribution in [0.5, 0.6) is 0 Å². The molecule has 1 aromatic carbocycles. The van der Waals surface area contributed by atoms with Crippen molar-refractivity contribution >= 4 is 28.7 Å². The predicted molar refractivity (Wildman–Crippen MR) is 73.8 cm³/mol. The highest BCUT2D eigenvalue weighted by molar-refractivity contribution is 7.10. The van der Waals surface area contributed by atoms with Crippen LogP contribution in [0.2, 0.25) is 0 Å². The van der Waals surface area contributed by atoms with E-state index in [9.17, 15) is 9.18 Å². The summed E-state index contributed by atoms with van der Waals surface area (Å²) < 4.78 is 17.8. The van der Waals surface area contributed by atoms with E-state index in [1.807, 2.05) is 11.4 Å². The van der Waals surface area contributed by atoms with Crippen molar-refractivity contribution in [2.24, 2.45) is 0 Å². The van der Waals surface area contributed by atoms with Crippen LogP contribution in [0.3, 0.4) is 0 Å². The van der Waals surface area contributed by atoms with Crippen molar-refractivity contribution in [3.8, 4) is 0 Å². The van der Waals surface area contributed by atoms with Crippen molar-refractivity contribution in [2.45, 2.75) is 6.54 Å². The van der Waals surface area contributed by atoms with Gasteiger partial charge in [0.05, 0.1) is 19.2 Å². The molecule has 19 heavy (non-hydrogen) atoms. The van der Waals surface area contributed by atoms with Gasteiger partial charge >= 0.3 is 5.97 Å². The fourth-order valence-corrected chi connectivity index (χ4v) is 2.36. The predicted octanol–water partition coefficient (Wildman–Crippen LogP) is 2.87. The summed E-state index contributed by atoms with van der Waals surface area (Å²) in [6.07, 6.45) is 0. The highest BCUT2D eigenvalue weighted by Gasteiger charge is 2.13. The van der Waals surface area contributed by atoms with Crippen LogP contribution in [0.4, 0.5) is 15.8 Å². The fraction of sp³-hybridized carbons (Fsp3) is 0.154. The first-order valence-corrected chi connectivity index (χ1v) is 6.43. The molecule has 0 radical (unpaired) electrons. The van der Waals surface area contributed by atoms with Crippen molar-refractivity contribution in [3.05, 3.63) is 45.9 Å². The Morgan fingerprint density at radius 3 is 2.89 bits per heavy atom. The first kappa shape index (κ1) is 13.4. The molecule has 0 aliphatic rings. The molecular weight excluding hydrogens is 267 g/mol. The van der Waals surface area contributed by atoms with Crippen molar-refractivity contribution in [1.29, 1.82) is 0 Å². The van der Waals surface area contributed by atoms with E-state index in [0.29, 0.717) is 17.9 Å². The van der Waals surface area contributed by atoms with Gasteiger partial charge in [0.25, 0.3) is 0 Å². The standard InChI is InChI=1S/C13H13FN2O2S/c1-18-13(17)9-6-8(14)2-3-11(9)16-7-12-10(15)4-5-19-12/h2-6,16H,7,15H2,1H3. The zero-order valence-electron chi connectivity index (χ0n) is 10.3. The van der Waals surface area contributed by atoms with Gasteiger partial charge in [-0.2, -0.15) is 0 Å². The van der Waals surface area contributed by atoms with E-state index in [1.54, 1.807) is 0 Å². The maximum atomic E-state index is 13.2. The second-order valence-corrected chi connectivity index (χ2v) is 4.83. The van der Waals surface area contributed by atoms with E-state index in [-0.39, 0.29) is 5.56 Å². The Morgan fingerprint density at radius 2 is 2.26 bits per heavy atom. The molecule has 0 unspecified atom stereocenters. The number of rotatable bonds is 4. The molecule has 0 spiro atoms. The van der Waals surface area contributed by atoms with Gasteiger partial charge in [-0.05, 0) is 29.6 Å². The van der Waals surface area contributed by atoms with Gasteiger partial charge in [0.15, 0.2) is 0 Å². The van der Waals surface area contributed by atoms with Crippen LogP contribution in [0.25, 0.3) is 0 Å². The summed E-state index contributed by atoms with van der Waals surface area (Å²) in [5, 5.41) is 4.95. The van der Waals surface area contributed by atoms with Gasteiger partial charge < -0.3 is 15.8 Å².